The first kappa shape index (κ1) is 15.1. The molecule has 2 atom stereocenters. The summed E-state index contributed by atoms with van der Waals surface area (Å²) >= 11 is 7.47. The molecule has 20 heavy (non-hydrogen) atoms. The van der Waals surface area contributed by atoms with Crippen molar-refractivity contribution in [2.24, 2.45) is 0 Å². The van der Waals surface area contributed by atoms with Crippen LogP contribution < -0.4 is 5.32 Å². The largest absolute Gasteiger partial charge is 0.349 e. The van der Waals surface area contributed by atoms with Crippen LogP contribution in [0.15, 0.2) is 12.3 Å². The van der Waals surface area contributed by atoms with Gasteiger partial charge >= 0.3 is 5.69 Å². The second-order valence-corrected chi connectivity index (χ2v) is 6.09. The number of carbonyl (C=O) groups is 1. The molecule has 2 unspecified atom stereocenters. The van der Waals surface area contributed by atoms with Gasteiger partial charge in [-0.1, -0.05) is 11.6 Å². The highest BCUT2D eigenvalue weighted by atomic mass is 35.5. The minimum atomic E-state index is -0.677. The van der Waals surface area contributed by atoms with Gasteiger partial charge in [-0.05, 0) is 31.6 Å². The van der Waals surface area contributed by atoms with Crippen LogP contribution in [0.4, 0.5) is 5.69 Å². The average Bonchev–Trinajstić information content (AvgIpc) is 2.85. The fraction of sp³-hybridized carbons (Fsp3) is 0.500. The highest BCUT2D eigenvalue weighted by molar-refractivity contribution is 7.99. The van der Waals surface area contributed by atoms with E-state index in [0.29, 0.717) is 5.25 Å². The summed E-state index contributed by atoms with van der Waals surface area (Å²) in [5.74, 6) is -0.465. The molecular weight excluding hydrogens is 302 g/mol. The Morgan fingerprint density at radius 3 is 2.95 bits per heavy atom. The molecule has 2 rings (SSSR count). The number of nitro groups is 1. The Morgan fingerprint density at radius 1 is 1.60 bits per heavy atom. The quantitative estimate of drug-likeness (QED) is 0.524. The smallest absolute Gasteiger partial charge is 0.319 e. The maximum Gasteiger partial charge on any atom is 0.319 e. The van der Waals surface area contributed by atoms with E-state index in [1.807, 2.05) is 6.26 Å². The van der Waals surface area contributed by atoms with Gasteiger partial charge in [-0.2, -0.15) is 11.8 Å². The standard InChI is InChI=1S/C12H14ClN3O3S/c1-20-8-3-2-7(6-8)15-12(17)9-4-5-14-11(13)10(9)16(18)19/h4-5,7-8H,2-3,6H2,1H3,(H,15,17). The van der Waals surface area contributed by atoms with E-state index < -0.39 is 16.5 Å². The predicted molar refractivity (Wildman–Crippen MR) is 78.3 cm³/mol. The summed E-state index contributed by atoms with van der Waals surface area (Å²) in [6.45, 7) is 0. The number of hydrogen-bond acceptors (Lipinski definition) is 5. The Morgan fingerprint density at radius 2 is 2.35 bits per heavy atom. The van der Waals surface area contributed by atoms with Gasteiger partial charge in [0.05, 0.1) is 4.92 Å². The van der Waals surface area contributed by atoms with Crippen molar-refractivity contribution >= 4 is 35.0 Å². The van der Waals surface area contributed by atoms with Crippen LogP contribution in [0.2, 0.25) is 5.15 Å². The van der Waals surface area contributed by atoms with Gasteiger partial charge < -0.3 is 5.32 Å². The Kier molecular flexibility index (Phi) is 4.82. The molecule has 0 radical (unpaired) electrons. The molecule has 0 bridgehead atoms. The van der Waals surface area contributed by atoms with Crippen molar-refractivity contribution in [3.05, 3.63) is 33.1 Å². The van der Waals surface area contributed by atoms with E-state index in [2.05, 4.69) is 10.3 Å². The van der Waals surface area contributed by atoms with Crippen molar-refractivity contribution in [2.45, 2.75) is 30.6 Å². The van der Waals surface area contributed by atoms with Crippen molar-refractivity contribution in [1.82, 2.24) is 10.3 Å². The summed E-state index contributed by atoms with van der Waals surface area (Å²) in [6, 6.07) is 1.38. The molecule has 1 aliphatic rings. The second kappa shape index (κ2) is 6.41. The lowest BCUT2D eigenvalue weighted by molar-refractivity contribution is -0.385. The van der Waals surface area contributed by atoms with E-state index in [4.69, 9.17) is 11.6 Å². The number of nitrogens with zero attached hydrogens (tertiary/aromatic N) is 2. The zero-order valence-corrected chi connectivity index (χ0v) is 12.4. The van der Waals surface area contributed by atoms with Gasteiger partial charge in [0.15, 0.2) is 0 Å². The van der Waals surface area contributed by atoms with Gasteiger partial charge in [-0.3, -0.25) is 14.9 Å². The lowest BCUT2D eigenvalue weighted by Gasteiger charge is -2.13. The number of carbonyl (C=O) groups excluding carboxylic acids is 1. The van der Waals surface area contributed by atoms with Crippen LogP contribution in [-0.2, 0) is 0 Å². The van der Waals surface area contributed by atoms with E-state index >= 15 is 0 Å². The molecule has 0 aliphatic heterocycles. The van der Waals surface area contributed by atoms with Gasteiger partial charge in [0.25, 0.3) is 5.91 Å². The maximum atomic E-state index is 12.2. The Balaban J connectivity index is 2.14. The number of amides is 1. The van der Waals surface area contributed by atoms with Crippen LogP contribution in [0, 0.1) is 10.1 Å². The number of aromatic nitrogens is 1. The SMILES string of the molecule is CSC1CCC(NC(=O)c2ccnc(Cl)c2[N+](=O)[O-])C1. The fourth-order valence-electron chi connectivity index (χ4n) is 2.33. The Labute approximate surface area is 125 Å². The maximum absolute atomic E-state index is 12.2. The summed E-state index contributed by atoms with van der Waals surface area (Å²) in [5, 5.41) is 14.1. The third kappa shape index (κ3) is 3.21. The summed E-state index contributed by atoms with van der Waals surface area (Å²) in [5.41, 5.74) is -0.478. The van der Waals surface area contributed by atoms with Crippen LogP contribution in [0.25, 0.3) is 0 Å². The minimum absolute atomic E-state index is 0.0393. The topological polar surface area (TPSA) is 85.1 Å². The molecule has 0 saturated heterocycles. The first-order chi connectivity index (χ1) is 9.52. The van der Waals surface area contributed by atoms with Crippen molar-refractivity contribution in [1.29, 1.82) is 0 Å². The highest BCUT2D eigenvalue weighted by Crippen LogP contribution is 2.30. The monoisotopic (exact) mass is 315 g/mol. The lowest BCUT2D eigenvalue weighted by atomic mass is 10.2. The van der Waals surface area contributed by atoms with E-state index in [1.54, 1.807) is 11.8 Å². The molecular formula is C12H14ClN3O3S. The zero-order valence-electron chi connectivity index (χ0n) is 10.8. The number of nitrogens with one attached hydrogen (secondary N) is 1. The molecule has 1 aliphatic carbocycles. The fourth-order valence-corrected chi connectivity index (χ4v) is 3.36. The second-order valence-electron chi connectivity index (χ2n) is 4.60. The first-order valence-corrected chi connectivity index (χ1v) is 7.82. The predicted octanol–water partition coefficient (Wildman–Crippen LogP) is 2.66. The molecule has 0 aromatic carbocycles. The molecule has 0 spiro atoms. The Bertz CT molecular complexity index is 541. The molecule has 1 saturated carbocycles. The van der Waals surface area contributed by atoms with Gasteiger partial charge in [0.1, 0.15) is 5.56 Å². The van der Waals surface area contributed by atoms with Gasteiger partial charge in [0, 0.05) is 17.5 Å². The number of pyridine rings is 1. The van der Waals surface area contributed by atoms with Gasteiger partial charge in [-0.25, -0.2) is 4.98 Å². The van der Waals surface area contributed by atoms with Crippen molar-refractivity contribution in [3.8, 4) is 0 Å². The summed E-state index contributed by atoms with van der Waals surface area (Å²) in [6.07, 6.45) is 6.17. The zero-order chi connectivity index (χ0) is 14.7. The third-order valence-corrected chi connectivity index (χ3v) is 4.73. The van der Waals surface area contributed by atoms with Crippen LogP contribution >= 0.6 is 23.4 Å². The number of rotatable bonds is 4. The van der Waals surface area contributed by atoms with Crippen molar-refractivity contribution in [3.63, 3.8) is 0 Å². The van der Waals surface area contributed by atoms with Gasteiger partial charge in [-0.15, -0.1) is 0 Å². The van der Waals surface area contributed by atoms with Gasteiger partial charge in [0.2, 0.25) is 5.15 Å². The molecule has 1 aromatic rings. The third-order valence-electron chi connectivity index (χ3n) is 3.36. The van der Waals surface area contributed by atoms with Crippen LogP contribution in [0.3, 0.4) is 0 Å². The molecule has 6 nitrogen and oxygen atoms in total. The highest BCUT2D eigenvalue weighted by Gasteiger charge is 2.29. The summed E-state index contributed by atoms with van der Waals surface area (Å²) in [4.78, 5) is 26.1. The molecule has 1 amide bonds. The van der Waals surface area contributed by atoms with Crippen LogP contribution in [-0.4, -0.2) is 33.4 Å². The van der Waals surface area contributed by atoms with E-state index in [0.717, 1.165) is 19.3 Å². The van der Waals surface area contributed by atoms with Crippen LogP contribution in [0.5, 0.6) is 0 Å². The number of halogens is 1. The van der Waals surface area contributed by atoms with Crippen molar-refractivity contribution < 1.29 is 9.72 Å². The number of hydrogen-bond donors (Lipinski definition) is 1. The minimum Gasteiger partial charge on any atom is -0.349 e. The lowest BCUT2D eigenvalue weighted by Crippen LogP contribution is -2.33. The number of thioether (sulfide) groups is 1. The van der Waals surface area contributed by atoms with E-state index in [1.165, 1.54) is 12.3 Å². The summed E-state index contributed by atoms with van der Waals surface area (Å²) in [7, 11) is 0. The molecule has 108 valence electrons. The van der Waals surface area contributed by atoms with Crippen molar-refractivity contribution in [2.75, 3.05) is 6.26 Å². The van der Waals surface area contributed by atoms with Crippen LogP contribution in [0.1, 0.15) is 29.6 Å². The molecule has 1 heterocycles. The average molecular weight is 316 g/mol. The Hall–Kier alpha value is -1.34. The van der Waals surface area contributed by atoms with E-state index in [9.17, 15) is 14.9 Å². The normalized spacial score (nSPS) is 21.7. The molecule has 1 N–H and O–H groups in total. The summed E-state index contributed by atoms with van der Waals surface area (Å²) < 4.78 is 0. The molecule has 1 aromatic heterocycles. The van der Waals surface area contributed by atoms with E-state index in [-0.39, 0.29) is 16.8 Å². The molecule has 8 heteroatoms. The first-order valence-electron chi connectivity index (χ1n) is 6.15. The molecule has 1 fully saturated rings.